The SMILES string of the molecule is CCOC(=O)C(NCCc1ccccc1F)(NC(=O)c1ccccc1)C(F)(F)F. The van der Waals surface area contributed by atoms with E-state index < -0.39 is 36.1 Å². The van der Waals surface area contributed by atoms with Gasteiger partial charge in [0, 0.05) is 12.1 Å². The molecule has 0 bridgehead atoms. The summed E-state index contributed by atoms with van der Waals surface area (Å²) >= 11 is 0. The predicted octanol–water partition coefficient (Wildman–Crippen LogP) is 3.21. The number of alkyl halides is 3. The summed E-state index contributed by atoms with van der Waals surface area (Å²) < 4.78 is 60.3. The fourth-order valence-electron chi connectivity index (χ4n) is 2.61. The highest BCUT2D eigenvalue weighted by Gasteiger charge is 2.63. The van der Waals surface area contributed by atoms with E-state index in [4.69, 9.17) is 0 Å². The van der Waals surface area contributed by atoms with Crippen molar-refractivity contribution < 1.29 is 31.9 Å². The van der Waals surface area contributed by atoms with Crippen molar-refractivity contribution in [2.45, 2.75) is 25.2 Å². The average molecular weight is 412 g/mol. The van der Waals surface area contributed by atoms with Gasteiger partial charge in [-0.15, -0.1) is 0 Å². The summed E-state index contributed by atoms with van der Waals surface area (Å²) in [4.78, 5) is 24.7. The van der Waals surface area contributed by atoms with Crippen LogP contribution in [-0.4, -0.2) is 36.9 Å². The Balaban J connectivity index is 2.31. The highest BCUT2D eigenvalue weighted by atomic mass is 19.4. The van der Waals surface area contributed by atoms with Crippen molar-refractivity contribution in [3.8, 4) is 0 Å². The van der Waals surface area contributed by atoms with Gasteiger partial charge in [0.25, 0.3) is 11.6 Å². The van der Waals surface area contributed by atoms with Gasteiger partial charge in [-0.1, -0.05) is 36.4 Å². The first-order chi connectivity index (χ1) is 13.7. The summed E-state index contributed by atoms with van der Waals surface area (Å²) in [5.41, 5.74) is -3.39. The summed E-state index contributed by atoms with van der Waals surface area (Å²) in [6.45, 7) is 0.568. The quantitative estimate of drug-likeness (QED) is 0.397. The molecule has 0 fully saturated rings. The predicted molar refractivity (Wildman–Crippen MR) is 97.4 cm³/mol. The van der Waals surface area contributed by atoms with Crippen LogP contribution in [-0.2, 0) is 16.0 Å². The second-order valence-electron chi connectivity index (χ2n) is 6.06. The lowest BCUT2D eigenvalue weighted by Crippen LogP contribution is -2.73. The molecule has 0 saturated heterocycles. The largest absolute Gasteiger partial charge is 0.463 e. The van der Waals surface area contributed by atoms with Crippen molar-refractivity contribution in [3.63, 3.8) is 0 Å². The molecule has 0 saturated carbocycles. The van der Waals surface area contributed by atoms with Crippen molar-refractivity contribution >= 4 is 11.9 Å². The molecule has 0 heterocycles. The topological polar surface area (TPSA) is 67.4 Å². The molecule has 0 aliphatic rings. The maximum atomic E-state index is 14.0. The van der Waals surface area contributed by atoms with Crippen molar-refractivity contribution in [1.82, 2.24) is 10.6 Å². The van der Waals surface area contributed by atoms with E-state index >= 15 is 0 Å². The Labute approximate surface area is 165 Å². The smallest absolute Gasteiger partial charge is 0.436 e. The van der Waals surface area contributed by atoms with E-state index in [0.717, 1.165) is 0 Å². The maximum absolute atomic E-state index is 14.0. The van der Waals surface area contributed by atoms with Crippen molar-refractivity contribution in [1.29, 1.82) is 0 Å². The molecule has 1 atom stereocenters. The first-order valence-corrected chi connectivity index (χ1v) is 8.81. The number of hydrogen-bond donors (Lipinski definition) is 2. The van der Waals surface area contributed by atoms with Gasteiger partial charge < -0.3 is 10.1 Å². The fourth-order valence-corrected chi connectivity index (χ4v) is 2.61. The van der Waals surface area contributed by atoms with Crippen LogP contribution in [0.5, 0.6) is 0 Å². The molecule has 1 unspecified atom stereocenters. The standard InChI is InChI=1S/C20H20F4N2O3/c1-2-29-18(28)19(20(22,23)24,26-17(27)15-9-4-3-5-10-15)25-13-12-14-8-6-7-11-16(14)21/h3-11,25H,2,12-13H2,1H3,(H,26,27). The maximum Gasteiger partial charge on any atom is 0.436 e. The number of carbonyl (C=O) groups is 2. The Bertz CT molecular complexity index is 843. The summed E-state index contributed by atoms with van der Waals surface area (Å²) in [6.07, 6.45) is -5.37. The van der Waals surface area contributed by atoms with Gasteiger partial charge in [-0.05, 0) is 37.1 Å². The Hall–Kier alpha value is -2.94. The zero-order valence-electron chi connectivity index (χ0n) is 15.6. The molecule has 0 radical (unpaired) electrons. The molecule has 2 aromatic carbocycles. The second kappa shape index (κ2) is 9.51. The summed E-state index contributed by atoms with van der Waals surface area (Å²) in [5, 5.41) is 3.76. The van der Waals surface area contributed by atoms with E-state index in [2.05, 4.69) is 4.74 Å². The van der Waals surface area contributed by atoms with Crippen molar-refractivity contribution in [3.05, 3.63) is 71.5 Å². The molecule has 0 aliphatic carbocycles. The number of esters is 1. The third kappa shape index (κ3) is 5.32. The lowest BCUT2D eigenvalue weighted by molar-refractivity contribution is -0.218. The average Bonchev–Trinajstić information content (AvgIpc) is 2.68. The number of nitrogens with one attached hydrogen (secondary N) is 2. The number of amides is 1. The molecule has 1 amide bonds. The molecule has 2 aromatic rings. The zero-order valence-corrected chi connectivity index (χ0v) is 15.6. The molecular formula is C20H20F4N2O3. The van der Waals surface area contributed by atoms with Crippen molar-refractivity contribution in [2.75, 3.05) is 13.2 Å². The van der Waals surface area contributed by atoms with Gasteiger partial charge in [-0.2, -0.15) is 13.2 Å². The summed E-state index contributed by atoms with van der Waals surface area (Å²) in [5.74, 6) is -3.41. The lowest BCUT2D eigenvalue weighted by Gasteiger charge is -2.34. The van der Waals surface area contributed by atoms with Crippen molar-refractivity contribution in [2.24, 2.45) is 0 Å². The minimum atomic E-state index is -5.22. The number of hydrogen-bond acceptors (Lipinski definition) is 4. The van der Waals surface area contributed by atoms with E-state index in [0.29, 0.717) is 0 Å². The first kappa shape index (κ1) is 22.4. The van der Waals surface area contributed by atoms with Gasteiger partial charge in [-0.3, -0.25) is 10.1 Å². The van der Waals surface area contributed by atoms with E-state index in [1.165, 1.54) is 55.5 Å². The highest BCUT2D eigenvalue weighted by molar-refractivity contribution is 5.98. The number of rotatable bonds is 8. The molecule has 5 nitrogen and oxygen atoms in total. The number of carbonyl (C=O) groups excluding carboxylic acids is 2. The Morgan fingerprint density at radius 3 is 2.21 bits per heavy atom. The molecular weight excluding hydrogens is 392 g/mol. The second-order valence-corrected chi connectivity index (χ2v) is 6.06. The van der Waals surface area contributed by atoms with E-state index in [9.17, 15) is 27.2 Å². The molecule has 0 aromatic heterocycles. The van der Waals surface area contributed by atoms with Gasteiger partial charge in [0.05, 0.1) is 6.61 Å². The fraction of sp³-hybridized carbons (Fsp3) is 0.300. The van der Waals surface area contributed by atoms with Crippen LogP contribution in [0.4, 0.5) is 17.6 Å². The van der Waals surface area contributed by atoms with Crippen LogP contribution in [0.2, 0.25) is 0 Å². The molecule has 2 N–H and O–H groups in total. The molecule has 0 aliphatic heterocycles. The van der Waals surface area contributed by atoms with Crippen LogP contribution < -0.4 is 10.6 Å². The molecule has 156 valence electrons. The molecule has 2 rings (SSSR count). The van der Waals surface area contributed by atoms with Gasteiger partial charge in [0.2, 0.25) is 0 Å². The van der Waals surface area contributed by atoms with Crippen LogP contribution in [0, 0.1) is 5.82 Å². The van der Waals surface area contributed by atoms with Gasteiger partial charge in [0.1, 0.15) is 5.82 Å². The lowest BCUT2D eigenvalue weighted by atomic mass is 10.1. The van der Waals surface area contributed by atoms with E-state index in [-0.39, 0.29) is 24.2 Å². The van der Waals surface area contributed by atoms with Gasteiger partial charge in [-0.25, -0.2) is 9.18 Å². The molecule has 9 heteroatoms. The van der Waals surface area contributed by atoms with Crippen LogP contribution in [0.1, 0.15) is 22.8 Å². The van der Waals surface area contributed by atoms with E-state index in [1.807, 2.05) is 5.32 Å². The molecule has 29 heavy (non-hydrogen) atoms. The number of ether oxygens (including phenoxy) is 1. The van der Waals surface area contributed by atoms with E-state index in [1.54, 1.807) is 11.4 Å². The minimum Gasteiger partial charge on any atom is -0.463 e. The summed E-state index contributed by atoms with van der Waals surface area (Å²) in [7, 11) is 0. The normalized spacial score (nSPS) is 13.4. The summed E-state index contributed by atoms with van der Waals surface area (Å²) in [6, 6.07) is 12.7. The zero-order chi connectivity index (χ0) is 21.5. The Morgan fingerprint density at radius 2 is 1.62 bits per heavy atom. The monoisotopic (exact) mass is 412 g/mol. The third-order valence-corrected chi connectivity index (χ3v) is 4.09. The Kier molecular flexibility index (Phi) is 7.33. The first-order valence-electron chi connectivity index (χ1n) is 8.81. The van der Waals surface area contributed by atoms with Crippen LogP contribution in [0.25, 0.3) is 0 Å². The molecule has 0 spiro atoms. The highest BCUT2D eigenvalue weighted by Crippen LogP contribution is 2.30. The minimum absolute atomic E-state index is 0.0682. The van der Waals surface area contributed by atoms with Gasteiger partial charge in [0.15, 0.2) is 0 Å². The van der Waals surface area contributed by atoms with Gasteiger partial charge >= 0.3 is 12.1 Å². The number of halogens is 4. The van der Waals surface area contributed by atoms with Crippen LogP contribution in [0.3, 0.4) is 0 Å². The van der Waals surface area contributed by atoms with Crippen LogP contribution in [0.15, 0.2) is 54.6 Å². The third-order valence-electron chi connectivity index (χ3n) is 4.09. The number of benzene rings is 2. The van der Waals surface area contributed by atoms with Crippen LogP contribution >= 0.6 is 0 Å². The Morgan fingerprint density at radius 1 is 1.00 bits per heavy atom.